The van der Waals surface area contributed by atoms with Gasteiger partial charge in [-0.2, -0.15) is 0 Å². The smallest absolute Gasteiger partial charge is 0.312 e. The molecule has 2 saturated heterocycles. The van der Waals surface area contributed by atoms with Crippen LogP contribution in [0.15, 0.2) is 42.6 Å². The number of carbonyl (C=O) groups is 2. The Kier molecular flexibility index (Phi) is 15.4. The van der Waals surface area contributed by atoms with Crippen LogP contribution in [0.2, 0.25) is 0 Å². The summed E-state index contributed by atoms with van der Waals surface area (Å²) in [4.78, 5) is 33.3. The highest BCUT2D eigenvalue weighted by Crippen LogP contribution is 2.49. The second-order valence-electron chi connectivity index (χ2n) is 17.9. The van der Waals surface area contributed by atoms with Crippen LogP contribution in [0.25, 0.3) is 17.0 Å². The Morgan fingerprint density at radius 1 is 0.982 bits per heavy atom. The van der Waals surface area contributed by atoms with Gasteiger partial charge in [0, 0.05) is 44.1 Å². The Balaban J connectivity index is 1.73. The molecular formula is C44H66INO10. The Morgan fingerprint density at radius 3 is 2.25 bits per heavy atom. The number of para-hydroxylation sites is 1. The third-order valence-electron chi connectivity index (χ3n) is 12.4. The number of benzene rings is 1. The van der Waals surface area contributed by atoms with Crippen molar-refractivity contribution in [1.29, 1.82) is 0 Å². The van der Waals surface area contributed by atoms with Gasteiger partial charge in [-0.05, 0) is 98.6 Å². The van der Waals surface area contributed by atoms with Crippen LogP contribution in [0.5, 0.6) is 0 Å². The number of aliphatic hydroxyl groups is 2. The number of ketones is 1. The van der Waals surface area contributed by atoms with Gasteiger partial charge in [0.2, 0.25) is 0 Å². The molecule has 0 radical (unpaired) electrons. The minimum atomic E-state index is -1.79. The first kappa shape index (κ1) is 46.6. The van der Waals surface area contributed by atoms with Crippen LogP contribution >= 0.6 is 22.6 Å². The van der Waals surface area contributed by atoms with Crippen molar-refractivity contribution in [2.45, 2.75) is 141 Å². The summed E-state index contributed by atoms with van der Waals surface area (Å²) in [5, 5.41) is 24.2. The number of hydrogen-bond acceptors (Lipinski definition) is 11. The summed E-state index contributed by atoms with van der Waals surface area (Å²) in [6.45, 7) is 21.1. The van der Waals surface area contributed by atoms with Crippen molar-refractivity contribution in [3.8, 4) is 0 Å². The molecule has 12 heteroatoms. The van der Waals surface area contributed by atoms with E-state index in [1.165, 1.54) is 0 Å². The Labute approximate surface area is 347 Å². The van der Waals surface area contributed by atoms with E-state index in [4.69, 9.17) is 28.4 Å². The number of aromatic nitrogens is 1. The first-order valence-corrected chi connectivity index (χ1v) is 21.1. The van der Waals surface area contributed by atoms with Gasteiger partial charge in [-0.25, -0.2) is 0 Å². The molecule has 2 N–H and O–H groups in total. The molecule has 1 aromatic carbocycles. The van der Waals surface area contributed by atoms with Crippen LogP contribution in [0.4, 0.5) is 0 Å². The molecule has 314 valence electrons. The minimum absolute atomic E-state index is 0.0809. The van der Waals surface area contributed by atoms with Crippen LogP contribution in [0.1, 0.15) is 94.6 Å². The van der Waals surface area contributed by atoms with E-state index in [-0.39, 0.29) is 36.1 Å². The predicted octanol–water partition coefficient (Wildman–Crippen LogP) is 7.56. The molecular weight excluding hydrogens is 829 g/mol. The molecule has 0 saturated carbocycles. The third kappa shape index (κ3) is 10.2. The molecule has 2 aliphatic heterocycles. The van der Waals surface area contributed by atoms with Crippen molar-refractivity contribution in [2.75, 3.05) is 20.8 Å². The van der Waals surface area contributed by atoms with Crippen molar-refractivity contribution in [2.24, 2.45) is 35.0 Å². The number of methoxy groups -OCH3 is 2. The first-order chi connectivity index (χ1) is 26.0. The van der Waals surface area contributed by atoms with Crippen LogP contribution in [-0.4, -0.2) is 99.4 Å². The largest absolute Gasteiger partial charge is 0.448 e. The highest BCUT2D eigenvalue weighted by Gasteiger charge is 2.54. The van der Waals surface area contributed by atoms with Gasteiger partial charge >= 0.3 is 5.97 Å². The topological polar surface area (TPSA) is 143 Å². The molecule has 56 heavy (non-hydrogen) atoms. The van der Waals surface area contributed by atoms with Crippen LogP contribution in [-0.2, 0) is 38.0 Å². The number of ether oxygens (including phenoxy) is 6. The van der Waals surface area contributed by atoms with Crippen LogP contribution in [0.3, 0.4) is 0 Å². The van der Waals surface area contributed by atoms with E-state index >= 15 is 0 Å². The number of fused-ring (bicyclic) bond motifs is 1. The summed E-state index contributed by atoms with van der Waals surface area (Å²) < 4.78 is 36.6. The molecule has 11 nitrogen and oxygen atoms in total. The van der Waals surface area contributed by atoms with E-state index in [0.29, 0.717) is 6.42 Å². The quantitative estimate of drug-likeness (QED) is 0.154. The number of aliphatic hydroxyl groups excluding tert-OH is 1. The van der Waals surface area contributed by atoms with E-state index in [9.17, 15) is 19.8 Å². The summed E-state index contributed by atoms with van der Waals surface area (Å²) in [5.74, 6) is -3.36. The lowest BCUT2D eigenvalue weighted by atomic mass is 9.60. The summed E-state index contributed by atoms with van der Waals surface area (Å²) in [5.41, 5.74) is -2.20. The Morgan fingerprint density at radius 2 is 1.62 bits per heavy atom. The van der Waals surface area contributed by atoms with Crippen molar-refractivity contribution in [3.63, 3.8) is 0 Å². The molecule has 14 atom stereocenters. The monoisotopic (exact) mass is 895 g/mol. The summed E-state index contributed by atoms with van der Waals surface area (Å²) in [7, 11) is 3.21. The standard InChI is InChI=1S/C44H66INO10/c1-25-22-42(9,51-12)36(41(6,7)8)27(3)35(55-33-23-43(10,52-13)37(48)29(5)54-33)28(4)39(49)56-40(45)44(11,50)38(26(2)34(25)47)53-20-16-17-30-21-31-18-14-15-19-32(31)46-24-30/h14-19,21,24-29,33,35-38,40,48,50H,20,22-23H2,1-13H3/b17-16+/t25-,26+,27+,28-,29+,33+,35+,36+,37+,38-,40+,42-,43-,44+/m1/s1. The molecule has 2 aromatic rings. The molecule has 0 unspecified atom stereocenters. The fourth-order valence-corrected chi connectivity index (χ4v) is 10.1. The number of carbonyl (C=O) groups excluding carboxylic acids is 2. The zero-order valence-corrected chi connectivity index (χ0v) is 37.7. The van der Waals surface area contributed by atoms with E-state index in [0.717, 1.165) is 16.5 Å². The molecule has 2 fully saturated rings. The number of halogens is 1. The zero-order chi connectivity index (χ0) is 42.0. The highest BCUT2D eigenvalue weighted by molar-refractivity contribution is 14.1. The number of rotatable bonds is 8. The molecule has 0 bridgehead atoms. The molecule has 0 spiro atoms. The van der Waals surface area contributed by atoms with Crippen molar-refractivity contribution in [3.05, 3.63) is 48.2 Å². The van der Waals surface area contributed by atoms with E-state index < -0.39 is 75.3 Å². The number of esters is 1. The van der Waals surface area contributed by atoms with Gasteiger partial charge in [0.25, 0.3) is 0 Å². The Bertz CT molecular complexity index is 1680. The minimum Gasteiger partial charge on any atom is -0.448 e. The SMILES string of the molecule is CO[C@]1(C)C[C@H](O[C@H]2[C@H](C)[C@@H](C(C)(C)C)[C@](C)(OC)C[C@@H](C)C(=O)[C@H](C)[C@@H](OC/C=C/c3cnc4ccccc4c3)[C@](C)(O)[C@@H](I)OC(=O)[C@@H]2C)O[C@@H](C)[C@@H]1O. The number of alkyl halides is 1. The number of cyclic esters (lactones) is 1. The maximum Gasteiger partial charge on any atom is 0.312 e. The predicted molar refractivity (Wildman–Crippen MR) is 225 cm³/mol. The maximum atomic E-state index is 14.5. The lowest BCUT2D eigenvalue weighted by molar-refractivity contribution is -0.299. The molecule has 0 aliphatic carbocycles. The van der Waals surface area contributed by atoms with Gasteiger partial charge in [-0.3, -0.25) is 14.6 Å². The summed E-state index contributed by atoms with van der Waals surface area (Å²) >= 11 is 1.92. The zero-order valence-electron chi connectivity index (χ0n) is 35.6. The molecule has 2 aliphatic rings. The van der Waals surface area contributed by atoms with E-state index in [1.807, 2.05) is 92.8 Å². The second-order valence-corrected chi connectivity index (χ2v) is 19.1. The lowest BCUT2D eigenvalue weighted by Gasteiger charge is -2.52. The fraction of sp³-hybridized carbons (Fsp3) is 0.705. The Hall–Kier alpha value is -2.04. The van der Waals surface area contributed by atoms with Gasteiger partial charge in [0.15, 0.2) is 10.4 Å². The fourth-order valence-electron chi connectivity index (χ4n) is 9.49. The third-order valence-corrected chi connectivity index (χ3v) is 13.9. The van der Waals surface area contributed by atoms with Gasteiger partial charge in [-0.1, -0.05) is 71.9 Å². The van der Waals surface area contributed by atoms with E-state index in [1.54, 1.807) is 48.1 Å². The number of Topliss-reactive ketones (excluding diaryl/α,β-unsaturated/α-hetero) is 1. The lowest BCUT2D eigenvalue weighted by Crippen LogP contribution is -2.59. The van der Waals surface area contributed by atoms with Crippen molar-refractivity contribution < 1.29 is 48.2 Å². The van der Waals surface area contributed by atoms with Crippen LogP contribution in [0, 0.1) is 35.0 Å². The average molecular weight is 896 g/mol. The van der Waals surface area contributed by atoms with Gasteiger partial charge < -0.3 is 38.6 Å². The normalized spacial score (nSPS) is 39.8. The molecule has 4 rings (SSSR count). The van der Waals surface area contributed by atoms with Crippen molar-refractivity contribution in [1.82, 2.24) is 4.98 Å². The average Bonchev–Trinajstić information content (AvgIpc) is 3.13. The summed E-state index contributed by atoms with van der Waals surface area (Å²) in [6.07, 6.45) is 1.97. The number of pyridine rings is 1. The molecule has 1 aromatic heterocycles. The van der Waals surface area contributed by atoms with Crippen molar-refractivity contribution >= 4 is 51.3 Å². The van der Waals surface area contributed by atoms with Gasteiger partial charge in [0.05, 0.1) is 41.5 Å². The van der Waals surface area contributed by atoms with Gasteiger partial charge in [-0.15, -0.1) is 0 Å². The molecule has 3 heterocycles. The summed E-state index contributed by atoms with van der Waals surface area (Å²) in [6, 6.07) is 9.89. The highest BCUT2D eigenvalue weighted by atomic mass is 127. The number of nitrogens with zero attached hydrogens (tertiary/aromatic N) is 1. The first-order valence-electron chi connectivity index (χ1n) is 19.8. The second kappa shape index (κ2) is 18.5. The molecule has 0 amide bonds. The van der Waals surface area contributed by atoms with Crippen LogP contribution < -0.4 is 0 Å². The van der Waals surface area contributed by atoms with Gasteiger partial charge in [0.1, 0.15) is 23.6 Å². The van der Waals surface area contributed by atoms with E-state index in [2.05, 4.69) is 25.8 Å². The maximum absolute atomic E-state index is 14.5. The number of hydrogen-bond donors (Lipinski definition) is 2.